The van der Waals surface area contributed by atoms with Gasteiger partial charge < -0.3 is 4.90 Å². The molecule has 1 atom stereocenters. The summed E-state index contributed by atoms with van der Waals surface area (Å²) in [4.78, 5) is 13.5. The summed E-state index contributed by atoms with van der Waals surface area (Å²) >= 11 is 4.47. The number of hydrogen-bond acceptors (Lipinski definition) is 4. The van der Waals surface area contributed by atoms with Gasteiger partial charge in [-0.1, -0.05) is 0 Å². The minimum Gasteiger partial charge on any atom is -0.349 e. The third-order valence-corrected chi connectivity index (χ3v) is 7.27. The molecule has 1 aromatic rings. The molecule has 112 valence electrons. The summed E-state index contributed by atoms with van der Waals surface area (Å²) < 4.78 is 27.6. The van der Waals surface area contributed by atoms with Crippen LogP contribution in [0.4, 0.5) is 0 Å². The first-order valence-electron chi connectivity index (χ1n) is 6.29. The molecule has 0 aliphatic carbocycles. The fourth-order valence-electron chi connectivity index (χ4n) is 2.29. The lowest BCUT2D eigenvalue weighted by Crippen LogP contribution is -2.44. The Morgan fingerprint density at radius 3 is 2.70 bits per heavy atom. The van der Waals surface area contributed by atoms with Crippen molar-refractivity contribution in [1.29, 1.82) is 0 Å². The first-order valence-corrected chi connectivity index (χ1v) is 9.34. The average molecular weight is 381 g/mol. The van der Waals surface area contributed by atoms with Gasteiger partial charge in [0.1, 0.15) is 4.21 Å². The van der Waals surface area contributed by atoms with Crippen LogP contribution >= 0.6 is 27.3 Å². The van der Waals surface area contributed by atoms with Gasteiger partial charge in [-0.3, -0.25) is 4.79 Å². The topological polar surface area (TPSA) is 57.7 Å². The van der Waals surface area contributed by atoms with E-state index in [-0.39, 0.29) is 18.4 Å². The number of rotatable bonds is 3. The van der Waals surface area contributed by atoms with E-state index in [0.29, 0.717) is 10.8 Å². The molecule has 2 heterocycles. The van der Waals surface area contributed by atoms with Crippen LogP contribution in [0.1, 0.15) is 12.8 Å². The van der Waals surface area contributed by atoms with Gasteiger partial charge in [-0.25, -0.2) is 8.42 Å². The van der Waals surface area contributed by atoms with Crippen LogP contribution in [-0.4, -0.2) is 50.7 Å². The van der Waals surface area contributed by atoms with Crippen LogP contribution in [0.15, 0.2) is 20.1 Å². The van der Waals surface area contributed by atoms with Gasteiger partial charge in [0.25, 0.3) is 10.0 Å². The molecule has 1 aliphatic rings. The highest BCUT2D eigenvalue weighted by Gasteiger charge is 2.34. The highest BCUT2D eigenvalue weighted by molar-refractivity contribution is 9.11. The summed E-state index contributed by atoms with van der Waals surface area (Å²) in [5.41, 5.74) is 0. The fourth-order valence-corrected chi connectivity index (χ4v) is 5.98. The Labute approximate surface area is 131 Å². The number of amides is 1. The van der Waals surface area contributed by atoms with E-state index in [4.69, 9.17) is 0 Å². The van der Waals surface area contributed by atoms with E-state index < -0.39 is 10.0 Å². The molecule has 0 saturated carbocycles. The van der Waals surface area contributed by atoms with E-state index in [2.05, 4.69) is 15.9 Å². The molecule has 0 spiro atoms. The predicted octanol–water partition coefficient (Wildman–Crippen LogP) is 2.00. The molecule has 0 N–H and O–H groups in total. The molecule has 0 bridgehead atoms. The Balaban J connectivity index is 2.18. The van der Waals surface area contributed by atoms with Crippen molar-refractivity contribution in [2.45, 2.75) is 17.1 Å². The van der Waals surface area contributed by atoms with Crippen LogP contribution in [-0.2, 0) is 14.8 Å². The van der Waals surface area contributed by atoms with Crippen molar-refractivity contribution in [1.82, 2.24) is 9.21 Å². The lowest BCUT2D eigenvalue weighted by molar-refractivity contribution is -0.134. The SMILES string of the molecule is CN(C)C(=O)[C@H]1CCCN(S(=O)(=O)c2ccc(Br)s2)C1. The van der Waals surface area contributed by atoms with E-state index in [1.165, 1.54) is 20.5 Å². The van der Waals surface area contributed by atoms with Gasteiger partial charge in [0.15, 0.2) is 0 Å². The van der Waals surface area contributed by atoms with E-state index in [1.807, 2.05) is 0 Å². The average Bonchev–Trinajstić information content (AvgIpc) is 2.85. The minimum absolute atomic E-state index is 0.00254. The number of nitrogens with zero attached hydrogens (tertiary/aromatic N) is 2. The zero-order chi connectivity index (χ0) is 14.9. The molecule has 2 rings (SSSR count). The number of hydrogen-bond donors (Lipinski definition) is 0. The van der Waals surface area contributed by atoms with Gasteiger partial charge in [0, 0.05) is 27.2 Å². The van der Waals surface area contributed by atoms with Gasteiger partial charge >= 0.3 is 0 Å². The highest BCUT2D eigenvalue weighted by Crippen LogP contribution is 2.31. The second-order valence-corrected chi connectivity index (χ2v) is 9.62. The lowest BCUT2D eigenvalue weighted by Gasteiger charge is -2.32. The molecule has 20 heavy (non-hydrogen) atoms. The Hall–Kier alpha value is -0.440. The maximum atomic E-state index is 12.5. The molecule has 0 aromatic carbocycles. The van der Waals surface area contributed by atoms with Crippen molar-refractivity contribution in [3.63, 3.8) is 0 Å². The molecular formula is C12H17BrN2O3S2. The van der Waals surface area contributed by atoms with Gasteiger partial charge in [0.2, 0.25) is 5.91 Å². The van der Waals surface area contributed by atoms with Crippen LogP contribution in [0.3, 0.4) is 0 Å². The maximum absolute atomic E-state index is 12.5. The molecule has 0 unspecified atom stereocenters. The zero-order valence-electron chi connectivity index (χ0n) is 11.4. The van der Waals surface area contributed by atoms with Crippen molar-refractivity contribution in [3.8, 4) is 0 Å². The molecule has 8 heteroatoms. The number of piperidine rings is 1. The van der Waals surface area contributed by atoms with Crippen LogP contribution in [0.5, 0.6) is 0 Å². The Kier molecular flexibility index (Phi) is 4.88. The van der Waals surface area contributed by atoms with E-state index in [9.17, 15) is 13.2 Å². The summed E-state index contributed by atoms with van der Waals surface area (Å²) in [6, 6.07) is 3.32. The third-order valence-electron chi connectivity index (χ3n) is 3.32. The Morgan fingerprint density at radius 1 is 1.45 bits per heavy atom. The normalized spacial score (nSPS) is 20.9. The number of thiophene rings is 1. The Bertz CT molecular complexity index is 598. The predicted molar refractivity (Wildman–Crippen MR) is 82.2 cm³/mol. The van der Waals surface area contributed by atoms with Crippen molar-refractivity contribution in [3.05, 3.63) is 15.9 Å². The molecule has 5 nitrogen and oxygen atoms in total. The van der Waals surface area contributed by atoms with Gasteiger partial charge in [0.05, 0.1) is 9.70 Å². The maximum Gasteiger partial charge on any atom is 0.252 e. The summed E-state index contributed by atoms with van der Waals surface area (Å²) in [5, 5.41) is 0. The molecule has 1 saturated heterocycles. The third kappa shape index (κ3) is 3.24. The van der Waals surface area contributed by atoms with E-state index >= 15 is 0 Å². The summed E-state index contributed by atoms with van der Waals surface area (Å²) in [6.45, 7) is 0.754. The summed E-state index contributed by atoms with van der Waals surface area (Å²) in [7, 11) is -0.0811. The molecule has 1 aromatic heterocycles. The quantitative estimate of drug-likeness (QED) is 0.805. The second kappa shape index (κ2) is 6.13. The fraction of sp³-hybridized carbons (Fsp3) is 0.583. The van der Waals surface area contributed by atoms with Crippen LogP contribution in [0, 0.1) is 5.92 Å². The van der Waals surface area contributed by atoms with Gasteiger partial charge in [-0.2, -0.15) is 4.31 Å². The standard InChI is InChI=1S/C12H17BrN2O3S2/c1-14(2)12(16)9-4-3-7-15(8-9)20(17,18)11-6-5-10(13)19-11/h5-6,9H,3-4,7-8H2,1-2H3/t9-/m0/s1. The zero-order valence-corrected chi connectivity index (χ0v) is 14.6. The Morgan fingerprint density at radius 2 is 2.15 bits per heavy atom. The minimum atomic E-state index is -3.48. The molecule has 1 aliphatic heterocycles. The molecule has 1 amide bonds. The molecule has 1 fully saturated rings. The largest absolute Gasteiger partial charge is 0.349 e. The first-order chi connectivity index (χ1) is 9.32. The number of halogens is 1. The van der Waals surface area contributed by atoms with Crippen molar-refractivity contribution in [2.24, 2.45) is 5.92 Å². The second-order valence-electron chi connectivity index (χ2n) is 4.99. The van der Waals surface area contributed by atoms with Crippen molar-refractivity contribution < 1.29 is 13.2 Å². The van der Waals surface area contributed by atoms with Gasteiger partial charge in [-0.05, 0) is 40.9 Å². The molecule has 0 radical (unpaired) electrons. The number of sulfonamides is 1. The molecular weight excluding hydrogens is 364 g/mol. The van der Waals surface area contributed by atoms with Crippen molar-refractivity contribution >= 4 is 43.2 Å². The van der Waals surface area contributed by atoms with Crippen molar-refractivity contribution in [2.75, 3.05) is 27.2 Å². The highest BCUT2D eigenvalue weighted by atomic mass is 79.9. The smallest absolute Gasteiger partial charge is 0.252 e. The monoisotopic (exact) mass is 380 g/mol. The first kappa shape index (κ1) is 15.9. The number of carbonyl (C=O) groups is 1. The van der Waals surface area contributed by atoms with E-state index in [0.717, 1.165) is 16.6 Å². The summed E-state index contributed by atoms with van der Waals surface area (Å²) in [6.07, 6.45) is 1.47. The van der Waals surface area contributed by atoms with E-state index in [1.54, 1.807) is 26.2 Å². The van der Waals surface area contributed by atoms with Gasteiger partial charge in [-0.15, -0.1) is 11.3 Å². The van der Waals surface area contributed by atoms with Crippen LogP contribution < -0.4 is 0 Å². The summed E-state index contributed by atoms with van der Waals surface area (Å²) in [5.74, 6) is -0.241. The van der Waals surface area contributed by atoms with Crippen LogP contribution in [0.2, 0.25) is 0 Å². The van der Waals surface area contributed by atoms with Crippen LogP contribution in [0.25, 0.3) is 0 Å². The number of carbonyl (C=O) groups excluding carboxylic acids is 1. The lowest BCUT2D eigenvalue weighted by atomic mass is 9.98.